The predicted octanol–water partition coefficient (Wildman–Crippen LogP) is 2.60. The molecule has 0 aliphatic heterocycles. The second kappa shape index (κ2) is 7.64. The Kier molecular flexibility index (Phi) is 5.12. The summed E-state index contributed by atoms with van der Waals surface area (Å²) < 4.78 is 1.95. The van der Waals surface area contributed by atoms with Gasteiger partial charge in [0.15, 0.2) is 0 Å². The summed E-state index contributed by atoms with van der Waals surface area (Å²) >= 11 is 0. The quantitative estimate of drug-likeness (QED) is 0.502. The highest BCUT2D eigenvalue weighted by molar-refractivity contribution is 5.78. The lowest BCUT2D eigenvalue weighted by Gasteiger charge is -2.08. The molecule has 2 N–H and O–H groups in total. The minimum Gasteiger partial charge on any atom is -0.379 e. The fourth-order valence-corrected chi connectivity index (χ4v) is 2.71. The molecule has 0 bridgehead atoms. The van der Waals surface area contributed by atoms with Crippen LogP contribution >= 0.6 is 0 Å². The topological polar surface area (TPSA) is 102 Å². The molecule has 0 unspecified atom stereocenters. The van der Waals surface area contributed by atoms with Gasteiger partial charge in [0.05, 0.1) is 22.5 Å². The molecule has 3 rings (SSSR count). The van der Waals surface area contributed by atoms with Crippen molar-refractivity contribution in [3.8, 4) is 0 Å². The van der Waals surface area contributed by atoms with Crippen LogP contribution in [0.4, 0.5) is 11.4 Å². The van der Waals surface area contributed by atoms with Gasteiger partial charge in [0.25, 0.3) is 5.69 Å². The zero-order valence-electron chi connectivity index (χ0n) is 14.3. The first-order valence-corrected chi connectivity index (χ1v) is 8.20. The number of nitrogens with one attached hydrogen (secondary N) is 2. The molecular formula is C18H19N5O3. The van der Waals surface area contributed by atoms with Crippen molar-refractivity contribution in [2.24, 2.45) is 7.05 Å². The third-order valence-electron chi connectivity index (χ3n) is 4.09. The number of hydrogen-bond donors (Lipinski definition) is 2. The van der Waals surface area contributed by atoms with Crippen molar-refractivity contribution >= 4 is 28.3 Å². The van der Waals surface area contributed by atoms with E-state index in [1.54, 1.807) is 18.2 Å². The zero-order valence-corrected chi connectivity index (χ0v) is 14.3. The van der Waals surface area contributed by atoms with Crippen molar-refractivity contribution in [2.75, 3.05) is 11.9 Å². The smallest absolute Gasteiger partial charge is 0.292 e. The Balaban J connectivity index is 1.52. The van der Waals surface area contributed by atoms with E-state index in [4.69, 9.17) is 0 Å². The summed E-state index contributed by atoms with van der Waals surface area (Å²) in [5.41, 5.74) is 2.29. The SMILES string of the molecule is Cn1c(CNC(=O)CCNc2ccccc2[N+](=O)[O-])nc2ccccc21. The van der Waals surface area contributed by atoms with Gasteiger partial charge in [-0.2, -0.15) is 0 Å². The maximum Gasteiger partial charge on any atom is 0.292 e. The normalized spacial score (nSPS) is 10.7. The number of nitro benzene ring substituents is 1. The minimum absolute atomic E-state index is 0.00684. The Morgan fingerprint density at radius 2 is 1.92 bits per heavy atom. The molecule has 2 aromatic carbocycles. The Labute approximate surface area is 150 Å². The lowest BCUT2D eigenvalue weighted by Crippen LogP contribution is -2.26. The molecule has 8 nitrogen and oxygen atoms in total. The van der Waals surface area contributed by atoms with Crippen LogP contribution in [0.2, 0.25) is 0 Å². The van der Waals surface area contributed by atoms with Crippen LogP contribution in [0.5, 0.6) is 0 Å². The third kappa shape index (κ3) is 3.80. The van der Waals surface area contributed by atoms with Crippen LogP contribution in [0.15, 0.2) is 48.5 Å². The van der Waals surface area contributed by atoms with E-state index in [0.29, 0.717) is 18.8 Å². The fourth-order valence-electron chi connectivity index (χ4n) is 2.71. The van der Waals surface area contributed by atoms with Gasteiger partial charge >= 0.3 is 0 Å². The number of anilines is 1. The maximum absolute atomic E-state index is 12.0. The molecule has 0 spiro atoms. The number of nitrogens with zero attached hydrogens (tertiary/aromatic N) is 3. The molecule has 0 aliphatic rings. The second-order valence-corrected chi connectivity index (χ2v) is 5.80. The van der Waals surface area contributed by atoms with Crippen molar-refractivity contribution in [1.29, 1.82) is 0 Å². The Morgan fingerprint density at radius 1 is 1.19 bits per heavy atom. The van der Waals surface area contributed by atoms with Crippen molar-refractivity contribution < 1.29 is 9.72 Å². The van der Waals surface area contributed by atoms with E-state index < -0.39 is 4.92 Å². The highest BCUT2D eigenvalue weighted by Crippen LogP contribution is 2.22. The first-order valence-electron chi connectivity index (χ1n) is 8.20. The molecule has 1 aromatic heterocycles. The standard InChI is InChI=1S/C18H19N5O3/c1-22-15-8-4-3-7-14(15)21-17(22)12-20-18(24)10-11-19-13-6-2-5-9-16(13)23(25)26/h2-9,19H,10-12H2,1H3,(H,20,24). The fraction of sp³-hybridized carbons (Fsp3) is 0.222. The Morgan fingerprint density at radius 3 is 2.69 bits per heavy atom. The van der Waals surface area contributed by atoms with E-state index in [1.807, 2.05) is 35.9 Å². The molecule has 1 heterocycles. The highest BCUT2D eigenvalue weighted by Gasteiger charge is 2.12. The molecule has 0 saturated carbocycles. The van der Waals surface area contributed by atoms with Gasteiger partial charge in [-0.05, 0) is 18.2 Å². The lowest BCUT2D eigenvalue weighted by atomic mass is 10.2. The zero-order chi connectivity index (χ0) is 18.5. The van der Waals surface area contributed by atoms with Crippen LogP contribution < -0.4 is 10.6 Å². The molecule has 26 heavy (non-hydrogen) atoms. The van der Waals surface area contributed by atoms with Crippen LogP contribution in [-0.4, -0.2) is 26.9 Å². The predicted molar refractivity (Wildman–Crippen MR) is 98.8 cm³/mol. The monoisotopic (exact) mass is 353 g/mol. The van der Waals surface area contributed by atoms with E-state index in [-0.39, 0.29) is 18.0 Å². The molecule has 0 atom stereocenters. The van der Waals surface area contributed by atoms with Crippen LogP contribution in [0.1, 0.15) is 12.2 Å². The van der Waals surface area contributed by atoms with Gasteiger partial charge in [0.2, 0.25) is 5.91 Å². The number of benzene rings is 2. The molecule has 0 fully saturated rings. The number of amides is 1. The summed E-state index contributed by atoms with van der Waals surface area (Å²) in [6, 6.07) is 14.1. The van der Waals surface area contributed by atoms with Crippen LogP contribution in [-0.2, 0) is 18.4 Å². The lowest BCUT2D eigenvalue weighted by molar-refractivity contribution is -0.384. The number of carbonyl (C=O) groups excluding carboxylic acids is 1. The number of imidazole rings is 1. The number of rotatable bonds is 7. The van der Waals surface area contributed by atoms with E-state index >= 15 is 0 Å². The molecule has 3 aromatic rings. The maximum atomic E-state index is 12.0. The van der Waals surface area contributed by atoms with Crippen molar-refractivity contribution in [3.63, 3.8) is 0 Å². The average molecular weight is 353 g/mol. The minimum atomic E-state index is -0.450. The van der Waals surface area contributed by atoms with Crippen LogP contribution in [0.3, 0.4) is 0 Å². The van der Waals surface area contributed by atoms with Gasteiger partial charge in [0.1, 0.15) is 11.5 Å². The third-order valence-corrected chi connectivity index (χ3v) is 4.09. The molecule has 0 radical (unpaired) electrons. The van der Waals surface area contributed by atoms with Gasteiger partial charge in [-0.1, -0.05) is 24.3 Å². The van der Waals surface area contributed by atoms with Crippen LogP contribution in [0.25, 0.3) is 11.0 Å². The van der Waals surface area contributed by atoms with Crippen molar-refractivity contribution in [1.82, 2.24) is 14.9 Å². The molecular weight excluding hydrogens is 334 g/mol. The summed E-state index contributed by atoms with van der Waals surface area (Å²) in [6.45, 7) is 0.634. The number of para-hydroxylation sites is 4. The number of fused-ring (bicyclic) bond motifs is 1. The molecule has 0 aliphatic carbocycles. The number of carbonyl (C=O) groups is 1. The summed E-state index contributed by atoms with van der Waals surface area (Å²) in [6.07, 6.45) is 0.204. The number of aryl methyl sites for hydroxylation is 1. The van der Waals surface area contributed by atoms with Gasteiger partial charge in [-0.15, -0.1) is 0 Å². The van der Waals surface area contributed by atoms with Gasteiger partial charge in [-0.3, -0.25) is 14.9 Å². The second-order valence-electron chi connectivity index (χ2n) is 5.80. The van der Waals surface area contributed by atoms with Crippen LogP contribution in [0, 0.1) is 10.1 Å². The first-order chi connectivity index (χ1) is 12.6. The summed E-state index contributed by atoms with van der Waals surface area (Å²) in [5, 5.41) is 16.7. The highest BCUT2D eigenvalue weighted by atomic mass is 16.6. The largest absolute Gasteiger partial charge is 0.379 e. The number of aromatic nitrogens is 2. The van der Waals surface area contributed by atoms with Gasteiger partial charge < -0.3 is 15.2 Å². The number of nitro groups is 1. The Hall–Kier alpha value is -3.42. The van der Waals surface area contributed by atoms with Crippen molar-refractivity contribution in [2.45, 2.75) is 13.0 Å². The summed E-state index contributed by atoms with van der Waals surface area (Å²) in [5.74, 6) is 0.620. The Bertz CT molecular complexity index is 951. The van der Waals surface area contributed by atoms with Gasteiger partial charge in [-0.25, -0.2) is 4.98 Å². The van der Waals surface area contributed by atoms with Gasteiger partial charge in [0, 0.05) is 26.1 Å². The average Bonchev–Trinajstić information content (AvgIpc) is 2.96. The summed E-state index contributed by atoms with van der Waals surface area (Å²) in [7, 11) is 1.91. The summed E-state index contributed by atoms with van der Waals surface area (Å²) in [4.78, 5) is 27.0. The number of hydrogen-bond acceptors (Lipinski definition) is 5. The van der Waals surface area contributed by atoms with E-state index in [2.05, 4.69) is 15.6 Å². The molecule has 8 heteroatoms. The van der Waals surface area contributed by atoms with Crippen molar-refractivity contribution in [3.05, 3.63) is 64.5 Å². The first kappa shape index (κ1) is 17.4. The van der Waals surface area contributed by atoms with E-state index in [9.17, 15) is 14.9 Å². The van der Waals surface area contributed by atoms with E-state index in [1.165, 1.54) is 6.07 Å². The molecule has 0 saturated heterocycles. The molecule has 1 amide bonds. The molecule has 134 valence electrons. The van der Waals surface area contributed by atoms with E-state index in [0.717, 1.165) is 16.9 Å².